The van der Waals surface area contributed by atoms with Crippen molar-refractivity contribution in [3.05, 3.63) is 59.7 Å². The molecule has 0 saturated carbocycles. The van der Waals surface area contributed by atoms with E-state index in [1.54, 1.807) is 6.20 Å². The molecule has 0 aliphatic heterocycles. The van der Waals surface area contributed by atoms with Gasteiger partial charge in [0.25, 0.3) is 0 Å². The summed E-state index contributed by atoms with van der Waals surface area (Å²) in [5.41, 5.74) is 8.59. The molecule has 2 N–H and O–H groups in total. The number of hydrogen-bond donors (Lipinski definition) is 1. The lowest BCUT2D eigenvalue weighted by Gasteiger charge is -2.17. The van der Waals surface area contributed by atoms with Crippen LogP contribution in [0.5, 0.6) is 0 Å². The normalized spacial score (nSPS) is 10.8. The Kier molecular flexibility index (Phi) is 3.89. The highest BCUT2D eigenvalue weighted by molar-refractivity contribution is 5.46. The number of nitrogens with zero attached hydrogens (tertiary/aromatic N) is 2. The van der Waals surface area contributed by atoms with Crippen molar-refractivity contribution < 1.29 is 4.39 Å². The third-order valence-corrected chi connectivity index (χ3v) is 2.71. The molecule has 94 valence electrons. The summed E-state index contributed by atoms with van der Waals surface area (Å²) >= 11 is 0. The minimum Gasteiger partial charge on any atom is -0.398 e. The van der Waals surface area contributed by atoms with Crippen molar-refractivity contribution in [1.82, 2.24) is 9.88 Å². The molecule has 0 aliphatic carbocycles. The van der Waals surface area contributed by atoms with Gasteiger partial charge in [-0.25, -0.2) is 4.39 Å². The summed E-state index contributed by atoms with van der Waals surface area (Å²) < 4.78 is 13.0. The number of hydrogen-bond acceptors (Lipinski definition) is 3. The Balaban J connectivity index is 2.01. The summed E-state index contributed by atoms with van der Waals surface area (Å²) in [5.74, 6) is -0.305. The number of nitrogen functional groups attached to an aromatic ring is 1. The van der Waals surface area contributed by atoms with Gasteiger partial charge < -0.3 is 5.73 Å². The van der Waals surface area contributed by atoms with Gasteiger partial charge in [-0.2, -0.15) is 0 Å². The summed E-state index contributed by atoms with van der Waals surface area (Å²) in [6.07, 6.45) is 2.88. The molecule has 0 unspecified atom stereocenters. The quantitative estimate of drug-likeness (QED) is 0.841. The average Bonchev–Trinajstić information content (AvgIpc) is 2.32. The van der Waals surface area contributed by atoms with Crippen LogP contribution in [0.1, 0.15) is 11.1 Å². The number of anilines is 1. The SMILES string of the molecule is CN(Cc1cncc(F)c1)Cc1ccccc1N. The lowest BCUT2D eigenvalue weighted by molar-refractivity contribution is 0.318. The maximum absolute atomic E-state index is 13.0. The van der Waals surface area contributed by atoms with Crippen molar-refractivity contribution in [2.75, 3.05) is 12.8 Å². The van der Waals surface area contributed by atoms with Crippen LogP contribution in [-0.4, -0.2) is 16.9 Å². The number of rotatable bonds is 4. The zero-order valence-corrected chi connectivity index (χ0v) is 10.3. The fourth-order valence-corrected chi connectivity index (χ4v) is 1.88. The lowest BCUT2D eigenvalue weighted by atomic mass is 10.1. The Labute approximate surface area is 106 Å². The lowest BCUT2D eigenvalue weighted by Crippen LogP contribution is -2.18. The van der Waals surface area contributed by atoms with Crippen molar-refractivity contribution in [3.63, 3.8) is 0 Å². The van der Waals surface area contributed by atoms with E-state index in [4.69, 9.17) is 5.73 Å². The third-order valence-electron chi connectivity index (χ3n) is 2.71. The first-order valence-electron chi connectivity index (χ1n) is 5.76. The highest BCUT2D eigenvalue weighted by atomic mass is 19.1. The smallest absolute Gasteiger partial charge is 0.141 e. The van der Waals surface area contributed by atoms with Crippen LogP contribution in [0.25, 0.3) is 0 Å². The van der Waals surface area contributed by atoms with E-state index in [0.29, 0.717) is 6.54 Å². The van der Waals surface area contributed by atoms with Gasteiger partial charge in [-0.3, -0.25) is 9.88 Å². The largest absolute Gasteiger partial charge is 0.398 e. The first-order chi connectivity index (χ1) is 8.65. The number of pyridine rings is 1. The molecule has 18 heavy (non-hydrogen) atoms. The van der Waals surface area contributed by atoms with Gasteiger partial charge in [0.05, 0.1) is 6.20 Å². The summed E-state index contributed by atoms with van der Waals surface area (Å²) in [5, 5.41) is 0. The third kappa shape index (κ3) is 3.28. The van der Waals surface area contributed by atoms with Crippen LogP contribution in [0.15, 0.2) is 42.7 Å². The number of benzene rings is 1. The standard InChI is InChI=1S/C14H16FN3/c1-18(9-11-6-13(15)8-17-7-11)10-12-4-2-3-5-14(12)16/h2-8H,9-10,16H2,1H3. The van der Waals surface area contributed by atoms with Crippen LogP contribution in [0.2, 0.25) is 0 Å². The molecule has 0 atom stereocenters. The summed E-state index contributed by atoms with van der Waals surface area (Å²) in [6.45, 7) is 1.36. The molecule has 0 aliphatic rings. The molecule has 4 heteroatoms. The fourth-order valence-electron chi connectivity index (χ4n) is 1.88. The molecule has 1 aromatic heterocycles. The number of para-hydroxylation sites is 1. The van der Waals surface area contributed by atoms with E-state index in [1.807, 2.05) is 31.3 Å². The fraction of sp³-hybridized carbons (Fsp3) is 0.214. The van der Waals surface area contributed by atoms with E-state index >= 15 is 0 Å². The van der Waals surface area contributed by atoms with E-state index < -0.39 is 0 Å². The molecule has 1 heterocycles. The molecular weight excluding hydrogens is 229 g/mol. The summed E-state index contributed by atoms with van der Waals surface area (Å²) in [4.78, 5) is 5.91. The number of nitrogens with two attached hydrogens (primary N) is 1. The molecule has 1 aromatic carbocycles. The predicted octanol–water partition coefficient (Wildman–Crippen LogP) is 2.43. The van der Waals surface area contributed by atoms with Crippen LogP contribution in [0.4, 0.5) is 10.1 Å². The van der Waals surface area contributed by atoms with Gasteiger partial charge in [-0.1, -0.05) is 18.2 Å². The molecule has 2 aromatic rings. The Bertz CT molecular complexity index is 528. The van der Waals surface area contributed by atoms with Gasteiger partial charge in [0, 0.05) is 25.0 Å². The molecule has 2 rings (SSSR count). The highest BCUT2D eigenvalue weighted by Crippen LogP contribution is 2.14. The first kappa shape index (κ1) is 12.5. The van der Waals surface area contributed by atoms with Crippen molar-refractivity contribution >= 4 is 5.69 Å². The Morgan fingerprint density at radius 1 is 1.22 bits per heavy atom. The average molecular weight is 245 g/mol. The minimum atomic E-state index is -0.305. The van der Waals surface area contributed by atoms with Gasteiger partial charge in [-0.05, 0) is 30.3 Å². The first-order valence-corrected chi connectivity index (χ1v) is 5.76. The van der Waals surface area contributed by atoms with E-state index in [2.05, 4.69) is 9.88 Å². The van der Waals surface area contributed by atoms with Crippen molar-refractivity contribution in [2.24, 2.45) is 0 Å². The van der Waals surface area contributed by atoms with E-state index in [1.165, 1.54) is 12.3 Å². The van der Waals surface area contributed by atoms with E-state index in [-0.39, 0.29) is 5.82 Å². The van der Waals surface area contributed by atoms with E-state index in [9.17, 15) is 4.39 Å². The number of halogens is 1. The second-order valence-electron chi connectivity index (χ2n) is 4.38. The Hall–Kier alpha value is -1.94. The van der Waals surface area contributed by atoms with Crippen molar-refractivity contribution in [2.45, 2.75) is 13.1 Å². The Morgan fingerprint density at radius 3 is 2.72 bits per heavy atom. The van der Waals surface area contributed by atoms with E-state index in [0.717, 1.165) is 23.4 Å². The van der Waals surface area contributed by atoms with Crippen LogP contribution in [0.3, 0.4) is 0 Å². The summed E-state index contributed by atoms with van der Waals surface area (Å²) in [7, 11) is 1.97. The van der Waals surface area contributed by atoms with Crippen molar-refractivity contribution in [3.8, 4) is 0 Å². The molecule has 0 bridgehead atoms. The Morgan fingerprint density at radius 2 is 2.00 bits per heavy atom. The van der Waals surface area contributed by atoms with Crippen molar-refractivity contribution in [1.29, 1.82) is 0 Å². The highest BCUT2D eigenvalue weighted by Gasteiger charge is 2.05. The molecule has 0 saturated heterocycles. The monoisotopic (exact) mass is 245 g/mol. The molecule has 0 spiro atoms. The van der Waals surface area contributed by atoms with Crippen LogP contribution in [0, 0.1) is 5.82 Å². The molecule has 0 amide bonds. The second kappa shape index (κ2) is 5.60. The predicted molar refractivity (Wildman–Crippen MR) is 70.2 cm³/mol. The minimum absolute atomic E-state index is 0.305. The maximum atomic E-state index is 13.0. The van der Waals surface area contributed by atoms with Gasteiger partial charge >= 0.3 is 0 Å². The topological polar surface area (TPSA) is 42.2 Å². The van der Waals surface area contributed by atoms with Crippen LogP contribution < -0.4 is 5.73 Å². The van der Waals surface area contributed by atoms with Gasteiger partial charge in [0.1, 0.15) is 5.82 Å². The molecule has 0 radical (unpaired) electrons. The maximum Gasteiger partial charge on any atom is 0.141 e. The second-order valence-corrected chi connectivity index (χ2v) is 4.38. The van der Waals surface area contributed by atoms with Gasteiger partial charge in [0.2, 0.25) is 0 Å². The zero-order valence-electron chi connectivity index (χ0n) is 10.3. The number of aromatic nitrogens is 1. The van der Waals surface area contributed by atoms with Crippen LogP contribution in [-0.2, 0) is 13.1 Å². The van der Waals surface area contributed by atoms with Gasteiger partial charge in [-0.15, -0.1) is 0 Å². The molecule has 3 nitrogen and oxygen atoms in total. The molecular formula is C14H16FN3. The van der Waals surface area contributed by atoms with Crippen LogP contribution >= 0.6 is 0 Å². The zero-order chi connectivity index (χ0) is 13.0. The summed E-state index contributed by atoms with van der Waals surface area (Å²) in [6, 6.07) is 9.25. The van der Waals surface area contributed by atoms with Gasteiger partial charge in [0.15, 0.2) is 0 Å². The molecule has 0 fully saturated rings.